The van der Waals surface area contributed by atoms with Crippen molar-refractivity contribution in [2.75, 3.05) is 18.5 Å². The van der Waals surface area contributed by atoms with E-state index in [9.17, 15) is 4.79 Å². The molecule has 1 unspecified atom stereocenters. The topological polar surface area (TPSA) is 84.1 Å². The van der Waals surface area contributed by atoms with Crippen LogP contribution in [0.1, 0.15) is 24.8 Å². The minimum Gasteiger partial charge on any atom is -0.357 e. The predicted molar refractivity (Wildman–Crippen MR) is 69.0 cm³/mol. The Morgan fingerprint density at radius 3 is 2.83 bits per heavy atom. The first-order chi connectivity index (χ1) is 8.76. The van der Waals surface area contributed by atoms with Crippen molar-refractivity contribution in [3.63, 3.8) is 0 Å². The molecule has 0 radical (unpaired) electrons. The SMILES string of the molecule is CNC(=O)C1CCCCN1c1ncc(CN)cn1. The van der Waals surface area contributed by atoms with Gasteiger partial charge in [-0.15, -0.1) is 0 Å². The highest BCUT2D eigenvalue weighted by atomic mass is 16.2. The first-order valence-electron chi connectivity index (χ1n) is 6.25. The molecule has 1 aliphatic heterocycles. The Kier molecular flexibility index (Phi) is 4.09. The summed E-state index contributed by atoms with van der Waals surface area (Å²) in [4.78, 5) is 22.4. The van der Waals surface area contributed by atoms with Gasteiger partial charge in [0.1, 0.15) is 6.04 Å². The van der Waals surface area contributed by atoms with Crippen LogP contribution in [0.3, 0.4) is 0 Å². The summed E-state index contributed by atoms with van der Waals surface area (Å²) in [7, 11) is 1.66. The van der Waals surface area contributed by atoms with E-state index in [1.165, 1.54) is 0 Å². The highest BCUT2D eigenvalue weighted by Gasteiger charge is 2.29. The molecule has 3 N–H and O–H groups in total. The molecular weight excluding hydrogens is 230 g/mol. The van der Waals surface area contributed by atoms with Crippen molar-refractivity contribution < 1.29 is 4.79 Å². The summed E-state index contributed by atoms with van der Waals surface area (Å²) < 4.78 is 0. The van der Waals surface area contributed by atoms with Gasteiger partial charge in [-0.25, -0.2) is 9.97 Å². The van der Waals surface area contributed by atoms with Crippen molar-refractivity contribution in [2.45, 2.75) is 31.8 Å². The number of nitrogens with one attached hydrogen (secondary N) is 1. The van der Waals surface area contributed by atoms with Crippen LogP contribution in [0.2, 0.25) is 0 Å². The molecule has 1 saturated heterocycles. The molecule has 2 rings (SSSR count). The summed E-state index contributed by atoms with van der Waals surface area (Å²) in [5.74, 6) is 0.640. The average Bonchev–Trinajstić information content (AvgIpc) is 2.46. The molecule has 2 heterocycles. The minimum absolute atomic E-state index is 0.0289. The third-order valence-corrected chi connectivity index (χ3v) is 3.24. The molecule has 0 saturated carbocycles. The van der Waals surface area contributed by atoms with Crippen LogP contribution in [-0.4, -0.2) is 35.5 Å². The maximum atomic E-state index is 11.8. The lowest BCUT2D eigenvalue weighted by Gasteiger charge is -2.34. The van der Waals surface area contributed by atoms with Gasteiger partial charge in [0.15, 0.2) is 0 Å². The third-order valence-electron chi connectivity index (χ3n) is 3.24. The molecule has 0 aromatic carbocycles. The van der Waals surface area contributed by atoms with Gasteiger partial charge in [0.25, 0.3) is 0 Å². The number of rotatable bonds is 3. The van der Waals surface area contributed by atoms with E-state index in [1.54, 1.807) is 19.4 Å². The second-order valence-corrected chi connectivity index (χ2v) is 4.41. The fourth-order valence-corrected chi connectivity index (χ4v) is 2.21. The van der Waals surface area contributed by atoms with E-state index in [2.05, 4.69) is 15.3 Å². The number of carbonyl (C=O) groups is 1. The lowest BCUT2D eigenvalue weighted by atomic mass is 10.0. The van der Waals surface area contributed by atoms with Crippen molar-refractivity contribution in [1.29, 1.82) is 0 Å². The van der Waals surface area contributed by atoms with Crippen LogP contribution < -0.4 is 16.0 Å². The summed E-state index contributed by atoms with van der Waals surface area (Å²) in [5, 5.41) is 2.70. The quantitative estimate of drug-likeness (QED) is 0.790. The van der Waals surface area contributed by atoms with Gasteiger partial charge in [-0.3, -0.25) is 4.79 Å². The molecule has 98 valence electrons. The van der Waals surface area contributed by atoms with Crippen LogP contribution in [0.15, 0.2) is 12.4 Å². The Balaban J connectivity index is 2.19. The van der Waals surface area contributed by atoms with Crippen LogP contribution in [0.4, 0.5) is 5.95 Å². The first kappa shape index (κ1) is 12.8. The second kappa shape index (κ2) is 5.77. The summed E-state index contributed by atoms with van der Waals surface area (Å²) in [6.45, 7) is 1.25. The third kappa shape index (κ3) is 2.59. The lowest BCUT2D eigenvalue weighted by Crippen LogP contribution is -2.49. The fourth-order valence-electron chi connectivity index (χ4n) is 2.21. The zero-order chi connectivity index (χ0) is 13.0. The van der Waals surface area contributed by atoms with Gasteiger partial charge in [-0.05, 0) is 19.3 Å². The number of nitrogens with two attached hydrogens (primary N) is 1. The van der Waals surface area contributed by atoms with Crippen molar-refractivity contribution in [2.24, 2.45) is 5.73 Å². The number of aromatic nitrogens is 2. The molecular formula is C12H19N5O. The molecule has 1 aliphatic rings. The van der Waals surface area contributed by atoms with Gasteiger partial charge in [-0.2, -0.15) is 0 Å². The zero-order valence-corrected chi connectivity index (χ0v) is 10.6. The monoisotopic (exact) mass is 249 g/mol. The molecule has 1 amide bonds. The smallest absolute Gasteiger partial charge is 0.242 e. The first-order valence-corrected chi connectivity index (χ1v) is 6.25. The van der Waals surface area contributed by atoms with Crippen LogP contribution in [0.25, 0.3) is 0 Å². The molecule has 6 heteroatoms. The number of anilines is 1. The summed E-state index contributed by atoms with van der Waals surface area (Å²) in [5.41, 5.74) is 6.41. The fraction of sp³-hybridized carbons (Fsp3) is 0.583. The normalized spacial score (nSPS) is 19.7. The van der Waals surface area contributed by atoms with E-state index in [1.807, 2.05) is 4.90 Å². The van der Waals surface area contributed by atoms with Crippen molar-refractivity contribution >= 4 is 11.9 Å². The number of piperidine rings is 1. The Morgan fingerprint density at radius 2 is 2.22 bits per heavy atom. The summed E-state index contributed by atoms with van der Waals surface area (Å²) in [6.07, 6.45) is 6.42. The molecule has 1 aromatic rings. The standard InChI is InChI=1S/C12H19N5O/c1-14-11(18)10-4-2-3-5-17(10)12-15-7-9(6-13)8-16-12/h7-8,10H,2-6,13H2,1H3,(H,14,18). The van der Waals surface area contributed by atoms with Gasteiger partial charge >= 0.3 is 0 Å². The molecule has 1 atom stereocenters. The van der Waals surface area contributed by atoms with E-state index in [4.69, 9.17) is 5.73 Å². The van der Waals surface area contributed by atoms with Crippen LogP contribution in [-0.2, 0) is 11.3 Å². The van der Waals surface area contributed by atoms with Crippen LogP contribution in [0, 0.1) is 0 Å². The van der Waals surface area contributed by atoms with Crippen molar-refractivity contribution in [1.82, 2.24) is 15.3 Å². The Hall–Kier alpha value is -1.69. The highest BCUT2D eigenvalue weighted by Crippen LogP contribution is 2.21. The van der Waals surface area contributed by atoms with E-state index in [0.29, 0.717) is 12.5 Å². The molecule has 6 nitrogen and oxygen atoms in total. The second-order valence-electron chi connectivity index (χ2n) is 4.41. The number of likely N-dealkylation sites (N-methyl/N-ethyl adjacent to an activating group) is 1. The molecule has 0 bridgehead atoms. The van der Waals surface area contributed by atoms with Gasteiger partial charge in [0, 0.05) is 38.1 Å². The number of nitrogens with zero attached hydrogens (tertiary/aromatic N) is 3. The van der Waals surface area contributed by atoms with E-state index in [-0.39, 0.29) is 11.9 Å². The Bertz CT molecular complexity index is 405. The zero-order valence-electron chi connectivity index (χ0n) is 10.6. The van der Waals surface area contributed by atoms with Gasteiger partial charge in [0.05, 0.1) is 0 Å². The van der Waals surface area contributed by atoms with Crippen LogP contribution >= 0.6 is 0 Å². The maximum absolute atomic E-state index is 11.8. The number of hydrogen-bond donors (Lipinski definition) is 2. The Labute approximate surface area is 107 Å². The maximum Gasteiger partial charge on any atom is 0.242 e. The summed E-state index contributed by atoms with van der Waals surface area (Å²) >= 11 is 0. The molecule has 18 heavy (non-hydrogen) atoms. The number of hydrogen-bond acceptors (Lipinski definition) is 5. The largest absolute Gasteiger partial charge is 0.357 e. The van der Waals surface area contributed by atoms with Gasteiger partial charge in [0.2, 0.25) is 11.9 Å². The van der Waals surface area contributed by atoms with Gasteiger partial charge < -0.3 is 16.0 Å². The van der Waals surface area contributed by atoms with Crippen molar-refractivity contribution in [3.05, 3.63) is 18.0 Å². The molecule has 1 fully saturated rings. The number of amides is 1. The van der Waals surface area contributed by atoms with Crippen molar-refractivity contribution in [3.8, 4) is 0 Å². The molecule has 0 aliphatic carbocycles. The van der Waals surface area contributed by atoms with Gasteiger partial charge in [-0.1, -0.05) is 0 Å². The molecule has 0 spiro atoms. The summed E-state index contributed by atoms with van der Waals surface area (Å²) in [6, 6.07) is -0.160. The predicted octanol–water partition coefficient (Wildman–Crippen LogP) is 0.0402. The van der Waals surface area contributed by atoms with E-state index >= 15 is 0 Å². The lowest BCUT2D eigenvalue weighted by molar-refractivity contribution is -0.122. The Morgan fingerprint density at radius 1 is 1.50 bits per heavy atom. The van der Waals surface area contributed by atoms with Crippen LogP contribution in [0.5, 0.6) is 0 Å². The average molecular weight is 249 g/mol. The van der Waals surface area contributed by atoms with E-state index in [0.717, 1.165) is 31.4 Å². The minimum atomic E-state index is -0.160. The number of carbonyl (C=O) groups excluding carboxylic acids is 1. The highest BCUT2D eigenvalue weighted by molar-refractivity contribution is 5.84. The molecule has 1 aromatic heterocycles. The van der Waals surface area contributed by atoms with E-state index < -0.39 is 0 Å².